The van der Waals surface area contributed by atoms with Crippen molar-refractivity contribution in [2.24, 2.45) is 0 Å². The summed E-state index contributed by atoms with van der Waals surface area (Å²) in [6.45, 7) is 1.19. The normalized spacial score (nSPS) is 14.3. The molecule has 0 aromatic carbocycles. The molecule has 2 amide bonds. The molecule has 0 saturated carbocycles. The zero-order valence-corrected chi connectivity index (χ0v) is 16.9. The number of amides is 2. The van der Waals surface area contributed by atoms with Crippen LogP contribution in [0.4, 0.5) is 0 Å². The Labute approximate surface area is 173 Å². The first-order valence-electron chi connectivity index (χ1n) is 9.64. The zero-order valence-electron chi connectivity index (χ0n) is 16.9. The van der Waals surface area contributed by atoms with Gasteiger partial charge in [-0.15, -0.1) is 0 Å². The van der Waals surface area contributed by atoms with Crippen LogP contribution in [0.2, 0.25) is 0 Å². The average molecular weight is 409 g/mol. The molecule has 1 N–H and O–H groups in total. The summed E-state index contributed by atoms with van der Waals surface area (Å²) < 4.78 is 10.3. The monoisotopic (exact) mass is 409 g/mol. The van der Waals surface area contributed by atoms with Crippen molar-refractivity contribution in [2.75, 3.05) is 27.3 Å². The first-order valence-corrected chi connectivity index (χ1v) is 9.64. The number of likely N-dealkylation sites (N-methyl/N-ethyl adjacent to an activating group) is 1. The van der Waals surface area contributed by atoms with Gasteiger partial charge in [0.15, 0.2) is 5.69 Å². The van der Waals surface area contributed by atoms with E-state index in [9.17, 15) is 9.59 Å². The zero-order chi connectivity index (χ0) is 21.1. The number of nitrogens with one attached hydrogen (secondary N) is 1. The van der Waals surface area contributed by atoms with Crippen molar-refractivity contribution < 1.29 is 18.7 Å². The molecule has 0 aliphatic carbocycles. The van der Waals surface area contributed by atoms with E-state index in [2.05, 4.69) is 15.2 Å². The molecule has 0 radical (unpaired) electrons. The summed E-state index contributed by atoms with van der Waals surface area (Å²) in [6.07, 6.45) is 5.15. The number of nitrogens with zero attached hydrogens (tertiary/aromatic N) is 4. The summed E-state index contributed by atoms with van der Waals surface area (Å²) in [4.78, 5) is 33.5. The van der Waals surface area contributed by atoms with E-state index in [1.165, 1.54) is 12.5 Å². The molecule has 156 valence electrons. The number of methoxy groups -OCH3 is 1. The van der Waals surface area contributed by atoms with Crippen LogP contribution < -0.4 is 0 Å². The lowest BCUT2D eigenvalue weighted by Crippen LogP contribution is -2.37. The molecule has 30 heavy (non-hydrogen) atoms. The van der Waals surface area contributed by atoms with Gasteiger partial charge in [0.1, 0.15) is 6.26 Å². The van der Waals surface area contributed by atoms with E-state index in [4.69, 9.17) is 9.15 Å². The molecule has 3 aromatic rings. The standard InChI is InChI=1S/C21H23N5O4/c1-25(18(13-29-2)16-5-3-4-8-22-16)21(28)19-15-6-9-26(11-17(15)23-24-19)20(27)14-7-10-30-12-14/h3-5,7-8,10,12,18H,6,9,11,13H2,1-2H3,(H,23,24). The molecule has 4 heterocycles. The summed E-state index contributed by atoms with van der Waals surface area (Å²) in [7, 11) is 3.32. The van der Waals surface area contributed by atoms with E-state index in [0.29, 0.717) is 37.4 Å². The van der Waals surface area contributed by atoms with Crippen LogP contribution in [0.3, 0.4) is 0 Å². The van der Waals surface area contributed by atoms with Gasteiger partial charge in [-0.05, 0) is 24.6 Å². The topological polar surface area (TPSA) is 105 Å². The van der Waals surface area contributed by atoms with Crippen LogP contribution in [-0.2, 0) is 17.7 Å². The SMILES string of the molecule is COCC(c1ccccn1)N(C)C(=O)c1n[nH]c2c1CCN(C(=O)c1ccoc1)C2. The maximum atomic E-state index is 13.2. The van der Waals surface area contributed by atoms with Crippen molar-refractivity contribution in [3.63, 3.8) is 0 Å². The summed E-state index contributed by atoms with van der Waals surface area (Å²) in [5, 5.41) is 7.22. The third kappa shape index (κ3) is 3.71. The van der Waals surface area contributed by atoms with E-state index in [1.54, 1.807) is 36.2 Å². The van der Waals surface area contributed by atoms with Crippen LogP contribution in [0, 0.1) is 0 Å². The molecule has 9 nitrogen and oxygen atoms in total. The fourth-order valence-electron chi connectivity index (χ4n) is 3.67. The second-order valence-corrected chi connectivity index (χ2v) is 7.16. The third-order valence-electron chi connectivity index (χ3n) is 5.33. The Morgan fingerprint density at radius 1 is 1.37 bits per heavy atom. The molecule has 3 aromatic heterocycles. The van der Waals surface area contributed by atoms with Crippen molar-refractivity contribution in [2.45, 2.75) is 19.0 Å². The van der Waals surface area contributed by atoms with Crippen LogP contribution >= 0.6 is 0 Å². The van der Waals surface area contributed by atoms with E-state index in [-0.39, 0.29) is 17.9 Å². The largest absolute Gasteiger partial charge is 0.472 e. The van der Waals surface area contributed by atoms with Gasteiger partial charge in [-0.2, -0.15) is 5.10 Å². The lowest BCUT2D eigenvalue weighted by atomic mass is 10.0. The Morgan fingerprint density at radius 2 is 2.23 bits per heavy atom. The van der Waals surface area contributed by atoms with Gasteiger partial charge in [-0.1, -0.05) is 6.07 Å². The van der Waals surface area contributed by atoms with Gasteiger partial charge in [0.2, 0.25) is 0 Å². The molecule has 1 unspecified atom stereocenters. The fraction of sp³-hybridized carbons (Fsp3) is 0.333. The number of H-pyrrole nitrogens is 1. The average Bonchev–Trinajstić information content (AvgIpc) is 3.46. The minimum atomic E-state index is -0.334. The Hall–Kier alpha value is -3.46. The van der Waals surface area contributed by atoms with Crippen molar-refractivity contribution in [1.82, 2.24) is 25.0 Å². The Balaban J connectivity index is 1.53. The number of ether oxygens (including phenoxy) is 1. The van der Waals surface area contributed by atoms with E-state index in [1.807, 2.05) is 18.2 Å². The van der Waals surface area contributed by atoms with Crippen LogP contribution in [0.25, 0.3) is 0 Å². The van der Waals surface area contributed by atoms with Gasteiger partial charge in [-0.25, -0.2) is 0 Å². The molecule has 1 atom stereocenters. The van der Waals surface area contributed by atoms with Gasteiger partial charge < -0.3 is 19.0 Å². The highest BCUT2D eigenvalue weighted by Gasteiger charge is 2.31. The number of hydrogen-bond donors (Lipinski definition) is 1. The van der Waals surface area contributed by atoms with Crippen LogP contribution in [0.15, 0.2) is 47.4 Å². The summed E-state index contributed by atoms with van der Waals surface area (Å²) in [6, 6.07) is 6.88. The minimum Gasteiger partial charge on any atom is -0.472 e. The molecule has 4 rings (SSSR count). The number of carbonyl (C=O) groups is 2. The third-order valence-corrected chi connectivity index (χ3v) is 5.33. The molecular formula is C21H23N5O4. The molecular weight excluding hydrogens is 386 g/mol. The van der Waals surface area contributed by atoms with Crippen LogP contribution in [-0.4, -0.2) is 64.1 Å². The summed E-state index contributed by atoms with van der Waals surface area (Å²) in [5.41, 5.74) is 3.25. The number of aromatic nitrogens is 3. The van der Waals surface area contributed by atoms with Crippen LogP contribution in [0.5, 0.6) is 0 Å². The van der Waals surface area contributed by atoms with E-state index < -0.39 is 0 Å². The van der Waals surface area contributed by atoms with Gasteiger partial charge in [0.05, 0.1) is 42.4 Å². The number of furan rings is 1. The number of hydrogen-bond acceptors (Lipinski definition) is 6. The molecule has 1 aliphatic rings. The summed E-state index contributed by atoms with van der Waals surface area (Å²) >= 11 is 0. The van der Waals surface area contributed by atoms with Gasteiger partial charge in [0, 0.05) is 32.5 Å². The van der Waals surface area contributed by atoms with Crippen molar-refractivity contribution in [3.8, 4) is 0 Å². The number of carbonyl (C=O) groups excluding carboxylic acids is 2. The van der Waals surface area contributed by atoms with Crippen molar-refractivity contribution in [1.29, 1.82) is 0 Å². The lowest BCUT2D eigenvalue weighted by Gasteiger charge is -2.28. The first kappa shape index (κ1) is 19.8. The van der Waals surface area contributed by atoms with Crippen molar-refractivity contribution >= 4 is 11.8 Å². The number of pyridine rings is 1. The van der Waals surface area contributed by atoms with E-state index >= 15 is 0 Å². The number of fused-ring (bicyclic) bond motifs is 1. The number of aromatic amines is 1. The van der Waals surface area contributed by atoms with E-state index in [0.717, 1.165) is 17.0 Å². The lowest BCUT2D eigenvalue weighted by molar-refractivity contribution is 0.0588. The van der Waals surface area contributed by atoms with Gasteiger partial charge in [0.25, 0.3) is 11.8 Å². The van der Waals surface area contributed by atoms with Crippen molar-refractivity contribution in [3.05, 3.63) is 71.2 Å². The molecule has 0 saturated heterocycles. The predicted octanol–water partition coefficient (Wildman–Crippen LogP) is 2.06. The molecule has 1 aliphatic heterocycles. The molecule has 9 heteroatoms. The quantitative estimate of drug-likeness (QED) is 0.668. The summed E-state index contributed by atoms with van der Waals surface area (Å²) in [5.74, 6) is -0.320. The van der Waals surface area contributed by atoms with Gasteiger partial charge in [-0.3, -0.25) is 19.7 Å². The number of rotatable bonds is 6. The Morgan fingerprint density at radius 3 is 2.93 bits per heavy atom. The maximum Gasteiger partial charge on any atom is 0.275 e. The Bertz CT molecular complexity index is 1020. The highest BCUT2D eigenvalue weighted by atomic mass is 16.5. The second kappa shape index (κ2) is 8.50. The highest BCUT2D eigenvalue weighted by Crippen LogP contribution is 2.25. The second-order valence-electron chi connectivity index (χ2n) is 7.16. The molecule has 0 spiro atoms. The highest BCUT2D eigenvalue weighted by molar-refractivity contribution is 5.95. The smallest absolute Gasteiger partial charge is 0.275 e. The first-order chi connectivity index (χ1) is 14.6. The predicted molar refractivity (Wildman–Crippen MR) is 107 cm³/mol. The Kier molecular flexibility index (Phi) is 5.62. The molecule has 0 bridgehead atoms. The van der Waals surface area contributed by atoms with Crippen LogP contribution in [0.1, 0.15) is 43.8 Å². The maximum absolute atomic E-state index is 13.2. The minimum absolute atomic E-state index is 0.107. The molecule has 0 fully saturated rings. The van der Waals surface area contributed by atoms with Gasteiger partial charge >= 0.3 is 0 Å². The fourth-order valence-corrected chi connectivity index (χ4v) is 3.67.